The van der Waals surface area contributed by atoms with Crippen molar-refractivity contribution in [1.29, 1.82) is 0 Å². The highest BCUT2D eigenvalue weighted by atomic mass is 32.2. The number of rotatable bonds is 6. The molecule has 118 valence electrons. The van der Waals surface area contributed by atoms with Crippen LogP contribution in [0.4, 0.5) is 0 Å². The lowest BCUT2D eigenvalue weighted by Crippen LogP contribution is -2.59. The van der Waals surface area contributed by atoms with Crippen molar-refractivity contribution in [2.24, 2.45) is 0 Å². The van der Waals surface area contributed by atoms with Crippen LogP contribution in [0.1, 0.15) is 5.76 Å². The molecule has 6 nitrogen and oxygen atoms in total. The first kappa shape index (κ1) is 15.1. The van der Waals surface area contributed by atoms with Crippen molar-refractivity contribution in [2.75, 3.05) is 20.2 Å². The molecule has 1 N–H and O–H groups in total. The number of sulfonamides is 1. The Morgan fingerprint density at radius 3 is 2.59 bits per heavy atom. The van der Waals surface area contributed by atoms with Gasteiger partial charge in [0, 0.05) is 19.1 Å². The number of benzene rings is 1. The van der Waals surface area contributed by atoms with Gasteiger partial charge in [0.15, 0.2) is 0 Å². The number of nitrogens with one attached hydrogen (secondary N) is 1. The average Bonchev–Trinajstić information content (AvgIpc) is 2.99. The van der Waals surface area contributed by atoms with E-state index in [4.69, 9.17) is 9.15 Å². The van der Waals surface area contributed by atoms with Crippen LogP contribution >= 0.6 is 0 Å². The van der Waals surface area contributed by atoms with Crippen molar-refractivity contribution < 1.29 is 17.6 Å². The van der Waals surface area contributed by atoms with Crippen LogP contribution in [0.25, 0.3) is 0 Å². The fourth-order valence-corrected chi connectivity index (χ4v) is 3.85. The standard InChI is InChI=1S/C15H18N2O4S/c1-20-13-4-6-15(7-5-13)22(18,19)17-10-12(11-17)16-9-14-3-2-8-21-14/h2-8,12,16H,9-11H2,1H3. The number of nitrogens with zero attached hydrogens (tertiary/aromatic N) is 1. The van der Waals surface area contributed by atoms with Gasteiger partial charge in [-0.15, -0.1) is 0 Å². The van der Waals surface area contributed by atoms with E-state index in [1.165, 1.54) is 4.31 Å². The molecular formula is C15H18N2O4S. The highest BCUT2D eigenvalue weighted by Crippen LogP contribution is 2.23. The van der Waals surface area contributed by atoms with E-state index in [0.717, 1.165) is 5.76 Å². The fourth-order valence-electron chi connectivity index (χ4n) is 2.32. The molecule has 1 aromatic heterocycles. The Hall–Kier alpha value is -1.83. The van der Waals surface area contributed by atoms with Gasteiger partial charge < -0.3 is 14.5 Å². The summed E-state index contributed by atoms with van der Waals surface area (Å²) in [5.74, 6) is 1.48. The molecule has 7 heteroatoms. The lowest BCUT2D eigenvalue weighted by Gasteiger charge is -2.38. The number of methoxy groups -OCH3 is 1. The lowest BCUT2D eigenvalue weighted by molar-refractivity contribution is 0.222. The maximum Gasteiger partial charge on any atom is 0.243 e. The van der Waals surface area contributed by atoms with Crippen LogP contribution in [0.15, 0.2) is 52.0 Å². The molecule has 1 aromatic carbocycles. The molecule has 1 aliphatic rings. The van der Waals surface area contributed by atoms with E-state index in [0.29, 0.717) is 25.4 Å². The Balaban J connectivity index is 1.56. The van der Waals surface area contributed by atoms with Crippen LogP contribution in [0.3, 0.4) is 0 Å². The third-order valence-electron chi connectivity index (χ3n) is 3.69. The van der Waals surface area contributed by atoms with E-state index < -0.39 is 10.0 Å². The third kappa shape index (κ3) is 3.01. The molecule has 0 saturated carbocycles. The summed E-state index contributed by atoms with van der Waals surface area (Å²) in [6.07, 6.45) is 1.62. The largest absolute Gasteiger partial charge is 0.497 e. The van der Waals surface area contributed by atoms with Gasteiger partial charge in [-0.3, -0.25) is 0 Å². The minimum Gasteiger partial charge on any atom is -0.497 e. The SMILES string of the molecule is COc1ccc(S(=O)(=O)N2CC(NCc3ccco3)C2)cc1. The molecule has 0 spiro atoms. The number of ether oxygens (including phenoxy) is 1. The van der Waals surface area contributed by atoms with E-state index in [9.17, 15) is 8.42 Å². The summed E-state index contributed by atoms with van der Waals surface area (Å²) < 4.78 is 36.6. The molecule has 0 bridgehead atoms. The van der Waals surface area contributed by atoms with Crippen molar-refractivity contribution in [1.82, 2.24) is 9.62 Å². The first-order valence-electron chi connectivity index (χ1n) is 6.99. The molecular weight excluding hydrogens is 304 g/mol. The van der Waals surface area contributed by atoms with Crippen molar-refractivity contribution in [3.8, 4) is 5.75 Å². The topological polar surface area (TPSA) is 71.8 Å². The summed E-state index contributed by atoms with van der Waals surface area (Å²) in [6.45, 7) is 1.54. The van der Waals surface area contributed by atoms with Gasteiger partial charge in [-0.1, -0.05) is 0 Å². The third-order valence-corrected chi connectivity index (χ3v) is 5.54. The monoisotopic (exact) mass is 322 g/mol. The molecule has 1 fully saturated rings. The van der Waals surface area contributed by atoms with Gasteiger partial charge in [0.25, 0.3) is 0 Å². The first-order chi connectivity index (χ1) is 10.6. The average molecular weight is 322 g/mol. The van der Waals surface area contributed by atoms with Crippen LogP contribution in [-0.4, -0.2) is 39.0 Å². The van der Waals surface area contributed by atoms with Crippen molar-refractivity contribution in [3.63, 3.8) is 0 Å². The second-order valence-electron chi connectivity index (χ2n) is 5.15. The van der Waals surface area contributed by atoms with Crippen molar-refractivity contribution >= 4 is 10.0 Å². The van der Waals surface area contributed by atoms with Gasteiger partial charge in [0.05, 0.1) is 24.8 Å². The van der Waals surface area contributed by atoms with E-state index in [-0.39, 0.29) is 10.9 Å². The van der Waals surface area contributed by atoms with Crippen LogP contribution in [0.5, 0.6) is 5.75 Å². The summed E-state index contributed by atoms with van der Waals surface area (Å²) >= 11 is 0. The first-order valence-corrected chi connectivity index (χ1v) is 8.43. The zero-order valence-electron chi connectivity index (χ0n) is 12.2. The minimum absolute atomic E-state index is 0.151. The normalized spacial score (nSPS) is 16.4. The summed E-state index contributed by atoms with van der Waals surface area (Å²) in [5.41, 5.74) is 0. The molecule has 0 aliphatic carbocycles. The summed E-state index contributed by atoms with van der Waals surface area (Å²) in [6, 6.07) is 10.3. The van der Waals surface area contributed by atoms with E-state index in [1.807, 2.05) is 12.1 Å². The Kier molecular flexibility index (Phi) is 4.19. The molecule has 0 atom stereocenters. The van der Waals surface area contributed by atoms with Gasteiger partial charge in [0.1, 0.15) is 11.5 Å². The highest BCUT2D eigenvalue weighted by Gasteiger charge is 2.36. The summed E-state index contributed by atoms with van der Waals surface area (Å²) in [7, 11) is -1.87. The van der Waals surface area contributed by atoms with Crippen LogP contribution < -0.4 is 10.1 Å². The minimum atomic E-state index is -3.42. The van der Waals surface area contributed by atoms with Crippen molar-refractivity contribution in [2.45, 2.75) is 17.5 Å². The highest BCUT2D eigenvalue weighted by molar-refractivity contribution is 7.89. The molecule has 22 heavy (non-hydrogen) atoms. The quantitative estimate of drug-likeness (QED) is 0.871. The predicted molar refractivity (Wildman–Crippen MR) is 81.1 cm³/mol. The van der Waals surface area contributed by atoms with Crippen LogP contribution in [0, 0.1) is 0 Å². The smallest absolute Gasteiger partial charge is 0.243 e. The molecule has 2 heterocycles. The van der Waals surface area contributed by atoms with Gasteiger partial charge in [-0.2, -0.15) is 4.31 Å². The van der Waals surface area contributed by atoms with Crippen LogP contribution in [-0.2, 0) is 16.6 Å². The second-order valence-corrected chi connectivity index (χ2v) is 7.09. The Bertz CT molecular complexity index is 705. The summed E-state index contributed by atoms with van der Waals surface area (Å²) in [4.78, 5) is 0.290. The van der Waals surface area contributed by atoms with Gasteiger partial charge in [-0.05, 0) is 36.4 Å². The summed E-state index contributed by atoms with van der Waals surface area (Å²) in [5, 5.41) is 3.27. The van der Waals surface area contributed by atoms with Gasteiger partial charge in [-0.25, -0.2) is 8.42 Å². The zero-order chi connectivity index (χ0) is 15.6. The molecule has 1 aliphatic heterocycles. The Morgan fingerprint density at radius 1 is 1.27 bits per heavy atom. The Labute approximate surface area is 129 Å². The number of furan rings is 1. The van der Waals surface area contributed by atoms with Crippen molar-refractivity contribution in [3.05, 3.63) is 48.4 Å². The number of hydrogen-bond acceptors (Lipinski definition) is 5. The molecule has 3 rings (SSSR count). The molecule has 1 saturated heterocycles. The zero-order valence-corrected chi connectivity index (χ0v) is 13.0. The van der Waals surface area contributed by atoms with E-state index in [2.05, 4.69) is 5.32 Å². The lowest BCUT2D eigenvalue weighted by atomic mass is 10.2. The maximum absolute atomic E-state index is 12.4. The van der Waals surface area contributed by atoms with Crippen LogP contribution in [0.2, 0.25) is 0 Å². The van der Waals surface area contributed by atoms with E-state index >= 15 is 0 Å². The van der Waals surface area contributed by atoms with Gasteiger partial charge in [0.2, 0.25) is 10.0 Å². The molecule has 0 amide bonds. The number of hydrogen-bond donors (Lipinski definition) is 1. The van der Waals surface area contributed by atoms with E-state index in [1.54, 1.807) is 37.6 Å². The van der Waals surface area contributed by atoms with Gasteiger partial charge >= 0.3 is 0 Å². The molecule has 2 aromatic rings. The molecule has 0 radical (unpaired) electrons. The second kappa shape index (κ2) is 6.12. The molecule has 0 unspecified atom stereocenters. The predicted octanol–water partition coefficient (Wildman–Crippen LogP) is 1.45. The Morgan fingerprint density at radius 2 is 2.00 bits per heavy atom. The maximum atomic E-state index is 12.4. The fraction of sp³-hybridized carbons (Fsp3) is 0.333.